The van der Waals surface area contributed by atoms with Crippen molar-refractivity contribution in [2.45, 2.75) is 37.8 Å². The Bertz CT molecular complexity index is 643. The number of para-hydroxylation sites is 1. The van der Waals surface area contributed by atoms with E-state index in [0.717, 1.165) is 18.5 Å². The fourth-order valence-electron chi connectivity index (χ4n) is 3.21. The second-order valence-electron chi connectivity index (χ2n) is 5.68. The Kier molecular flexibility index (Phi) is 3.68. The molecule has 110 valence electrons. The summed E-state index contributed by atoms with van der Waals surface area (Å²) in [5.41, 5.74) is 1.92. The zero-order chi connectivity index (χ0) is 14.9. The van der Waals surface area contributed by atoms with Gasteiger partial charge in [-0.2, -0.15) is 0 Å². The van der Waals surface area contributed by atoms with Crippen molar-refractivity contribution in [3.63, 3.8) is 0 Å². The molecule has 1 aliphatic heterocycles. The van der Waals surface area contributed by atoms with Crippen LogP contribution in [0.4, 0.5) is 10.1 Å². The third kappa shape index (κ3) is 2.54. The van der Waals surface area contributed by atoms with Crippen LogP contribution < -0.4 is 5.32 Å². The minimum atomic E-state index is -1.06. The van der Waals surface area contributed by atoms with E-state index >= 15 is 0 Å². The van der Waals surface area contributed by atoms with Crippen LogP contribution in [0.1, 0.15) is 30.9 Å². The summed E-state index contributed by atoms with van der Waals surface area (Å²) in [5, 5.41) is 14.6. The number of fused-ring (bicyclic) bond motifs is 1. The Labute approximate surface area is 124 Å². The number of aliphatic hydroxyl groups is 1. The summed E-state index contributed by atoms with van der Waals surface area (Å²) in [5.74, 6) is -0.310. The van der Waals surface area contributed by atoms with Crippen molar-refractivity contribution < 1.29 is 9.50 Å². The number of anilines is 1. The summed E-state index contributed by atoms with van der Waals surface area (Å²) in [6.07, 6.45) is 2.29. The lowest BCUT2D eigenvalue weighted by Gasteiger charge is -2.40. The highest BCUT2D eigenvalue weighted by atomic mass is 19.1. The van der Waals surface area contributed by atoms with Gasteiger partial charge in [-0.25, -0.2) is 4.39 Å². The van der Waals surface area contributed by atoms with E-state index in [2.05, 4.69) is 11.4 Å². The van der Waals surface area contributed by atoms with Crippen molar-refractivity contribution in [2.24, 2.45) is 0 Å². The average Bonchev–Trinajstić information content (AvgIpc) is 2.53. The molecule has 0 amide bonds. The lowest BCUT2D eigenvalue weighted by molar-refractivity contribution is 0.00851. The van der Waals surface area contributed by atoms with Crippen molar-refractivity contribution in [1.82, 2.24) is 0 Å². The fraction of sp³-hybridized carbons (Fsp3) is 0.333. The van der Waals surface area contributed by atoms with Crippen LogP contribution in [-0.2, 0) is 12.0 Å². The molecule has 0 saturated carbocycles. The van der Waals surface area contributed by atoms with E-state index in [1.165, 1.54) is 17.7 Å². The fourth-order valence-corrected chi connectivity index (χ4v) is 3.21. The number of benzene rings is 2. The van der Waals surface area contributed by atoms with Gasteiger partial charge in [0.05, 0.1) is 6.04 Å². The van der Waals surface area contributed by atoms with E-state index in [0.29, 0.717) is 12.0 Å². The maximum atomic E-state index is 13.5. The van der Waals surface area contributed by atoms with E-state index in [4.69, 9.17) is 0 Å². The van der Waals surface area contributed by atoms with Crippen molar-refractivity contribution in [3.05, 3.63) is 65.5 Å². The van der Waals surface area contributed by atoms with Crippen LogP contribution in [-0.4, -0.2) is 11.1 Å². The number of halogens is 1. The zero-order valence-corrected chi connectivity index (χ0v) is 12.1. The SMILES string of the molecule is CCC(O)(c1cccc(F)c1)C1CCc2ccccc2N1. The first kappa shape index (κ1) is 14.1. The van der Waals surface area contributed by atoms with Gasteiger partial charge in [0.25, 0.3) is 0 Å². The summed E-state index contributed by atoms with van der Waals surface area (Å²) in [6, 6.07) is 14.3. The minimum absolute atomic E-state index is 0.112. The molecule has 2 atom stereocenters. The molecular weight excluding hydrogens is 265 g/mol. The topological polar surface area (TPSA) is 32.3 Å². The highest BCUT2D eigenvalue weighted by Crippen LogP contribution is 2.37. The largest absolute Gasteiger partial charge is 0.383 e. The molecule has 0 radical (unpaired) electrons. The first-order valence-corrected chi connectivity index (χ1v) is 7.46. The second-order valence-corrected chi connectivity index (χ2v) is 5.68. The summed E-state index contributed by atoms with van der Waals surface area (Å²) >= 11 is 0. The Morgan fingerprint density at radius 3 is 2.81 bits per heavy atom. The van der Waals surface area contributed by atoms with E-state index in [1.54, 1.807) is 12.1 Å². The molecule has 0 aromatic heterocycles. The highest BCUT2D eigenvalue weighted by molar-refractivity contribution is 5.54. The number of hydrogen-bond donors (Lipinski definition) is 2. The van der Waals surface area contributed by atoms with E-state index in [-0.39, 0.29) is 11.9 Å². The molecule has 3 rings (SSSR count). The second kappa shape index (κ2) is 5.49. The standard InChI is InChI=1S/C18H20FNO/c1-2-18(21,14-7-5-8-15(19)12-14)17-11-10-13-6-3-4-9-16(13)20-17/h3-9,12,17,20-21H,2,10-11H2,1H3. The molecule has 21 heavy (non-hydrogen) atoms. The molecule has 0 aliphatic carbocycles. The van der Waals surface area contributed by atoms with Gasteiger partial charge in [-0.1, -0.05) is 37.3 Å². The predicted molar refractivity (Wildman–Crippen MR) is 82.8 cm³/mol. The van der Waals surface area contributed by atoms with Gasteiger partial charge >= 0.3 is 0 Å². The predicted octanol–water partition coefficient (Wildman–Crippen LogP) is 3.85. The summed E-state index contributed by atoms with van der Waals surface area (Å²) in [4.78, 5) is 0. The molecule has 2 nitrogen and oxygen atoms in total. The number of hydrogen-bond acceptors (Lipinski definition) is 2. The van der Waals surface area contributed by atoms with Gasteiger partial charge in [0, 0.05) is 5.69 Å². The Morgan fingerprint density at radius 1 is 1.24 bits per heavy atom. The van der Waals surface area contributed by atoms with Crippen molar-refractivity contribution in [1.29, 1.82) is 0 Å². The van der Waals surface area contributed by atoms with Gasteiger partial charge in [-0.15, -0.1) is 0 Å². The maximum absolute atomic E-state index is 13.5. The van der Waals surface area contributed by atoms with Gasteiger partial charge in [0.15, 0.2) is 0 Å². The quantitative estimate of drug-likeness (QED) is 0.897. The first-order chi connectivity index (χ1) is 10.1. The molecule has 2 unspecified atom stereocenters. The Balaban J connectivity index is 1.94. The molecule has 0 saturated heterocycles. The van der Waals surface area contributed by atoms with Crippen molar-refractivity contribution in [2.75, 3.05) is 5.32 Å². The van der Waals surface area contributed by atoms with Gasteiger partial charge in [0.2, 0.25) is 0 Å². The maximum Gasteiger partial charge on any atom is 0.123 e. The summed E-state index contributed by atoms with van der Waals surface area (Å²) < 4.78 is 13.5. The average molecular weight is 285 g/mol. The van der Waals surface area contributed by atoms with Gasteiger partial charge in [-0.05, 0) is 48.6 Å². The van der Waals surface area contributed by atoms with E-state index < -0.39 is 5.60 Å². The van der Waals surface area contributed by atoms with Crippen molar-refractivity contribution >= 4 is 5.69 Å². The zero-order valence-electron chi connectivity index (χ0n) is 12.1. The highest BCUT2D eigenvalue weighted by Gasteiger charge is 2.38. The monoisotopic (exact) mass is 285 g/mol. The third-order valence-corrected chi connectivity index (χ3v) is 4.49. The van der Waals surface area contributed by atoms with Crippen LogP contribution in [0.2, 0.25) is 0 Å². The van der Waals surface area contributed by atoms with Gasteiger partial charge in [-0.3, -0.25) is 0 Å². The number of aryl methyl sites for hydroxylation is 1. The smallest absolute Gasteiger partial charge is 0.123 e. The summed E-state index contributed by atoms with van der Waals surface area (Å²) in [6.45, 7) is 1.94. The third-order valence-electron chi connectivity index (χ3n) is 4.49. The molecule has 0 spiro atoms. The lowest BCUT2D eigenvalue weighted by atomic mass is 9.79. The van der Waals surface area contributed by atoms with Crippen LogP contribution >= 0.6 is 0 Å². The van der Waals surface area contributed by atoms with Crippen LogP contribution in [0.25, 0.3) is 0 Å². The van der Waals surface area contributed by atoms with Gasteiger partial charge < -0.3 is 10.4 Å². The lowest BCUT2D eigenvalue weighted by Crippen LogP contribution is -2.46. The molecule has 0 fully saturated rings. The molecule has 3 heteroatoms. The van der Waals surface area contributed by atoms with Crippen LogP contribution in [0.5, 0.6) is 0 Å². The van der Waals surface area contributed by atoms with Crippen molar-refractivity contribution in [3.8, 4) is 0 Å². The molecule has 0 bridgehead atoms. The van der Waals surface area contributed by atoms with E-state index in [1.807, 2.05) is 25.1 Å². The normalized spacial score (nSPS) is 20.2. The van der Waals surface area contributed by atoms with Gasteiger partial charge in [0.1, 0.15) is 11.4 Å². The molecule has 2 N–H and O–H groups in total. The molecule has 2 aromatic rings. The molecular formula is C18H20FNO. The number of rotatable bonds is 3. The molecule has 1 heterocycles. The van der Waals surface area contributed by atoms with Crippen LogP contribution in [0.3, 0.4) is 0 Å². The Hall–Kier alpha value is -1.87. The number of nitrogens with one attached hydrogen (secondary N) is 1. The molecule has 2 aromatic carbocycles. The minimum Gasteiger partial charge on any atom is -0.383 e. The molecule has 1 aliphatic rings. The van der Waals surface area contributed by atoms with E-state index in [9.17, 15) is 9.50 Å². The first-order valence-electron chi connectivity index (χ1n) is 7.46. The Morgan fingerprint density at radius 2 is 2.05 bits per heavy atom. The van der Waals surface area contributed by atoms with Crippen LogP contribution in [0, 0.1) is 5.82 Å². The summed E-state index contributed by atoms with van der Waals surface area (Å²) in [7, 11) is 0. The van der Waals surface area contributed by atoms with Crippen LogP contribution in [0.15, 0.2) is 48.5 Å².